The quantitative estimate of drug-likeness (QED) is 0.801. The van der Waals surface area contributed by atoms with Crippen LogP contribution in [-0.4, -0.2) is 16.2 Å². The van der Waals surface area contributed by atoms with Gasteiger partial charge in [-0.1, -0.05) is 30.0 Å². The zero-order chi connectivity index (χ0) is 10.8. The Labute approximate surface area is 91.4 Å². The van der Waals surface area contributed by atoms with E-state index in [4.69, 9.17) is 10.2 Å². The molecule has 0 bridgehead atoms. The van der Waals surface area contributed by atoms with Gasteiger partial charge in [0.2, 0.25) is 0 Å². The third kappa shape index (κ3) is 2.06. The predicted molar refractivity (Wildman–Crippen MR) is 57.6 cm³/mol. The van der Waals surface area contributed by atoms with Gasteiger partial charge in [0.25, 0.3) is 0 Å². The van der Waals surface area contributed by atoms with Crippen molar-refractivity contribution in [3.8, 4) is 0 Å². The van der Waals surface area contributed by atoms with E-state index >= 15 is 0 Å². The van der Waals surface area contributed by atoms with Crippen molar-refractivity contribution >= 4 is 17.7 Å². The molecule has 0 aliphatic carbocycles. The van der Waals surface area contributed by atoms with E-state index in [-0.39, 0.29) is 6.61 Å². The Balaban J connectivity index is 2.32. The fourth-order valence-corrected chi connectivity index (χ4v) is 2.44. The summed E-state index contributed by atoms with van der Waals surface area (Å²) in [5, 5.41) is 17.8. The molecule has 1 aromatic carbocycles. The smallest absolute Gasteiger partial charge is 0.342 e. The second kappa shape index (κ2) is 4.08. The minimum Gasteiger partial charge on any atom is -0.477 e. The number of benzene rings is 1. The molecule has 2 rings (SSSR count). The van der Waals surface area contributed by atoms with Crippen molar-refractivity contribution in [2.24, 2.45) is 0 Å². The summed E-state index contributed by atoms with van der Waals surface area (Å²) in [4.78, 5) is 12.1. The normalized spacial score (nSPS) is 14.3. The van der Waals surface area contributed by atoms with Crippen LogP contribution in [0, 0.1) is 0 Å². The highest BCUT2D eigenvalue weighted by molar-refractivity contribution is 8.04. The minimum absolute atomic E-state index is 0.0139. The maximum absolute atomic E-state index is 10.8. The molecule has 1 aromatic rings. The van der Waals surface area contributed by atoms with Gasteiger partial charge in [0.1, 0.15) is 0 Å². The van der Waals surface area contributed by atoms with Gasteiger partial charge in [0, 0.05) is 4.90 Å². The van der Waals surface area contributed by atoms with Gasteiger partial charge in [-0.25, -0.2) is 4.79 Å². The largest absolute Gasteiger partial charge is 0.477 e. The average molecular weight is 222 g/mol. The van der Waals surface area contributed by atoms with Gasteiger partial charge in [-0.3, -0.25) is 0 Å². The first-order valence-electron chi connectivity index (χ1n) is 4.54. The minimum atomic E-state index is -0.889. The van der Waals surface area contributed by atoms with Gasteiger partial charge < -0.3 is 10.2 Å². The van der Waals surface area contributed by atoms with Crippen LogP contribution in [0.15, 0.2) is 34.1 Å². The average Bonchev–Trinajstić information content (AvgIpc) is 2.27. The molecule has 1 aliphatic rings. The molecule has 0 fully saturated rings. The lowest BCUT2D eigenvalue weighted by Gasteiger charge is -2.14. The van der Waals surface area contributed by atoms with Crippen molar-refractivity contribution in [2.75, 3.05) is 0 Å². The number of hydrogen-bond donors (Lipinski definition) is 2. The summed E-state index contributed by atoms with van der Waals surface area (Å²) in [7, 11) is 0. The van der Waals surface area contributed by atoms with Crippen LogP contribution >= 0.6 is 11.8 Å². The molecule has 4 heteroatoms. The van der Waals surface area contributed by atoms with Crippen LogP contribution in [0.1, 0.15) is 11.1 Å². The number of carboxylic acids is 1. The van der Waals surface area contributed by atoms with E-state index < -0.39 is 5.97 Å². The molecule has 0 spiro atoms. The van der Waals surface area contributed by atoms with Gasteiger partial charge in [-0.05, 0) is 23.6 Å². The molecule has 2 N–H and O–H groups in total. The van der Waals surface area contributed by atoms with Crippen LogP contribution < -0.4 is 0 Å². The molecule has 0 radical (unpaired) electrons. The summed E-state index contributed by atoms with van der Waals surface area (Å²) in [5.41, 5.74) is 1.93. The highest BCUT2D eigenvalue weighted by Gasteiger charge is 2.16. The van der Waals surface area contributed by atoms with Crippen LogP contribution in [0.3, 0.4) is 0 Å². The number of carbonyl (C=O) groups is 1. The van der Waals surface area contributed by atoms with Crippen molar-refractivity contribution < 1.29 is 15.0 Å². The molecule has 0 atom stereocenters. The van der Waals surface area contributed by atoms with Crippen molar-refractivity contribution in [1.82, 2.24) is 0 Å². The molecule has 15 heavy (non-hydrogen) atoms. The van der Waals surface area contributed by atoms with Gasteiger partial charge in [0.05, 0.1) is 11.5 Å². The van der Waals surface area contributed by atoms with Crippen LogP contribution in [0.2, 0.25) is 0 Å². The van der Waals surface area contributed by atoms with E-state index in [2.05, 4.69) is 0 Å². The van der Waals surface area contributed by atoms with Crippen molar-refractivity contribution in [1.29, 1.82) is 0 Å². The summed E-state index contributed by atoms with van der Waals surface area (Å²) in [6.07, 6.45) is 2.36. The molecule has 0 unspecified atom stereocenters. The Morgan fingerprint density at radius 2 is 2.27 bits per heavy atom. The maximum Gasteiger partial charge on any atom is 0.342 e. The summed E-state index contributed by atoms with van der Waals surface area (Å²) in [6, 6.07) is 5.64. The lowest BCUT2D eigenvalue weighted by Crippen LogP contribution is -2.03. The Kier molecular flexibility index (Phi) is 2.79. The predicted octanol–water partition coefficient (Wildman–Crippen LogP) is 1.80. The molecule has 1 aliphatic heterocycles. The summed E-state index contributed by atoms with van der Waals surface area (Å²) in [6.45, 7) is -0.0139. The van der Waals surface area contributed by atoms with E-state index in [9.17, 15) is 4.79 Å². The fraction of sp³-hybridized carbons (Fsp3) is 0.182. The fourth-order valence-electron chi connectivity index (χ4n) is 1.45. The summed E-state index contributed by atoms with van der Waals surface area (Å²) in [5.74, 6) is -0.889. The third-order valence-electron chi connectivity index (χ3n) is 2.25. The Hall–Kier alpha value is -1.26. The Morgan fingerprint density at radius 1 is 1.47 bits per heavy atom. The zero-order valence-electron chi connectivity index (χ0n) is 7.93. The molecule has 0 saturated carbocycles. The van der Waals surface area contributed by atoms with Crippen LogP contribution in [0.4, 0.5) is 0 Å². The lowest BCUT2D eigenvalue weighted by atomic mass is 10.1. The SMILES string of the molecule is O=C(O)C1=CCc2ccc(CO)cc2S1. The van der Waals surface area contributed by atoms with Crippen LogP contribution in [0.5, 0.6) is 0 Å². The summed E-state index contributed by atoms with van der Waals surface area (Å²) >= 11 is 1.25. The van der Waals surface area contributed by atoms with Gasteiger partial charge in [-0.15, -0.1) is 0 Å². The highest BCUT2D eigenvalue weighted by Crippen LogP contribution is 2.35. The molecule has 0 aromatic heterocycles. The Morgan fingerprint density at radius 3 is 2.93 bits per heavy atom. The Bertz CT molecular complexity index is 437. The first kappa shape index (κ1) is 10.3. The molecular weight excluding hydrogens is 212 g/mol. The van der Waals surface area contributed by atoms with E-state index in [0.717, 1.165) is 16.0 Å². The number of aliphatic hydroxyl groups excluding tert-OH is 1. The number of hydrogen-bond acceptors (Lipinski definition) is 3. The molecule has 0 saturated heterocycles. The van der Waals surface area contributed by atoms with Crippen molar-refractivity contribution in [3.05, 3.63) is 40.3 Å². The van der Waals surface area contributed by atoms with E-state index in [1.807, 2.05) is 18.2 Å². The molecule has 3 nitrogen and oxygen atoms in total. The van der Waals surface area contributed by atoms with Gasteiger partial charge in [0.15, 0.2) is 0 Å². The summed E-state index contributed by atoms with van der Waals surface area (Å²) < 4.78 is 0. The van der Waals surface area contributed by atoms with E-state index in [1.54, 1.807) is 6.08 Å². The first-order chi connectivity index (χ1) is 7.20. The monoisotopic (exact) mass is 222 g/mol. The molecule has 1 heterocycles. The number of fused-ring (bicyclic) bond motifs is 1. The number of thioether (sulfide) groups is 1. The maximum atomic E-state index is 10.8. The molecule has 0 amide bonds. The zero-order valence-corrected chi connectivity index (χ0v) is 8.75. The number of carboxylic acid groups (broad SMARTS) is 1. The molecule has 78 valence electrons. The first-order valence-corrected chi connectivity index (χ1v) is 5.36. The second-order valence-electron chi connectivity index (χ2n) is 3.28. The van der Waals surface area contributed by atoms with Crippen molar-refractivity contribution in [3.63, 3.8) is 0 Å². The lowest BCUT2D eigenvalue weighted by molar-refractivity contribution is -0.131. The van der Waals surface area contributed by atoms with E-state index in [1.165, 1.54) is 11.8 Å². The number of allylic oxidation sites excluding steroid dienone is 1. The standard InChI is InChI=1S/C11H10O3S/c12-6-7-1-2-8-3-4-9(11(13)14)15-10(8)5-7/h1-2,4-5,12H,3,6H2,(H,13,14). The van der Waals surface area contributed by atoms with Crippen LogP contribution in [0.25, 0.3) is 0 Å². The number of aliphatic carboxylic acids is 1. The highest BCUT2D eigenvalue weighted by atomic mass is 32.2. The third-order valence-corrected chi connectivity index (χ3v) is 3.41. The molecular formula is C11H10O3S. The second-order valence-corrected chi connectivity index (χ2v) is 4.36. The van der Waals surface area contributed by atoms with Crippen LogP contribution in [-0.2, 0) is 17.8 Å². The van der Waals surface area contributed by atoms with Crippen molar-refractivity contribution in [2.45, 2.75) is 17.9 Å². The number of aliphatic hydroxyl groups is 1. The van der Waals surface area contributed by atoms with E-state index in [0.29, 0.717) is 11.3 Å². The topological polar surface area (TPSA) is 57.5 Å². The van der Waals surface area contributed by atoms with Gasteiger partial charge >= 0.3 is 5.97 Å². The van der Waals surface area contributed by atoms with Gasteiger partial charge in [-0.2, -0.15) is 0 Å². The number of rotatable bonds is 2.